The van der Waals surface area contributed by atoms with Crippen molar-refractivity contribution in [1.29, 1.82) is 0 Å². The molecule has 3 amide bonds. The van der Waals surface area contributed by atoms with E-state index in [9.17, 15) is 9.59 Å². The van der Waals surface area contributed by atoms with E-state index in [1.54, 1.807) is 4.90 Å². The number of benzene rings is 1. The summed E-state index contributed by atoms with van der Waals surface area (Å²) in [6.45, 7) is 4.29. The van der Waals surface area contributed by atoms with Crippen LogP contribution in [0, 0.1) is 0 Å². The molecule has 6 heteroatoms. The van der Waals surface area contributed by atoms with E-state index in [1.165, 1.54) is 24.0 Å². The van der Waals surface area contributed by atoms with Crippen LogP contribution in [0.1, 0.15) is 42.5 Å². The van der Waals surface area contributed by atoms with Crippen LogP contribution in [0.3, 0.4) is 0 Å². The second-order valence-electron chi connectivity index (χ2n) is 6.78. The van der Waals surface area contributed by atoms with E-state index in [1.807, 2.05) is 6.92 Å². The highest BCUT2D eigenvalue weighted by atomic mass is 16.5. The van der Waals surface area contributed by atoms with Gasteiger partial charge in [0.1, 0.15) is 0 Å². The van der Waals surface area contributed by atoms with Crippen molar-refractivity contribution in [2.75, 3.05) is 32.8 Å². The van der Waals surface area contributed by atoms with E-state index in [-0.39, 0.29) is 24.5 Å². The van der Waals surface area contributed by atoms with Gasteiger partial charge in [0.05, 0.1) is 25.8 Å². The number of ether oxygens (including phenoxy) is 1. The first kappa shape index (κ1) is 17.7. The summed E-state index contributed by atoms with van der Waals surface area (Å²) >= 11 is 0. The number of hydrogen-bond acceptors (Lipinski definition) is 3. The van der Waals surface area contributed by atoms with Crippen molar-refractivity contribution in [3.05, 3.63) is 34.9 Å². The van der Waals surface area contributed by atoms with Crippen molar-refractivity contribution < 1.29 is 14.3 Å². The summed E-state index contributed by atoms with van der Waals surface area (Å²) in [5.74, 6) is -0.0696. The summed E-state index contributed by atoms with van der Waals surface area (Å²) in [4.78, 5) is 25.9. The number of aryl methyl sites for hydroxylation is 2. The minimum absolute atomic E-state index is 0.0166. The van der Waals surface area contributed by atoms with Crippen LogP contribution in [0.25, 0.3) is 0 Å². The number of carbonyl (C=O) groups excluding carboxylic acids is 2. The predicted molar refractivity (Wildman–Crippen MR) is 95.4 cm³/mol. The van der Waals surface area contributed by atoms with Crippen molar-refractivity contribution in [2.24, 2.45) is 0 Å². The summed E-state index contributed by atoms with van der Waals surface area (Å²) in [6, 6.07) is 6.08. The molecule has 1 fully saturated rings. The SMILES string of the molecule is CC(NC(=O)NCC(=O)N1CCOCC1)c1ccc2c(c1)CCCC2. The van der Waals surface area contributed by atoms with E-state index in [4.69, 9.17) is 4.74 Å². The molecule has 136 valence electrons. The molecule has 25 heavy (non-hydrogen) atoms. The number of carbonyl (C=O) groups is 2. The molecular weight excluding hydrogens is 318 g/mol. The molecule has 6 nitrogen and oxygen atoms in total. The number of hydrogen-bond donors (Lipinski definition) is 2. The monoisotopic (exact) mass is 345 g/mol. The van der Waals surface area contributed by atoms with Gasteiger partial charge in [0, 0.05) is 13.1 Å². The van der Waals surface area contributed by atoms with Gasteiger partial charge in [0.2, 0.25) is 5.91 Å². The second kappa shape index (κ2) is 8.34. The first-order valence-electron chi connectivity index (χ1n) is 9.15. The Hall–Kier alpha value is -2.08. The standard InChI is InChI=1S/C19H27N3O3/c1-14(16-7-6-15-4-2-3-5-17(15)12-16)21-19(24)20-13-18(23)22-8-10-25-11-9-22/h6-7,12,14H,2-5,8-11,13H2,1H3,(H2,20,21,24). The van der Waals surface area contributed by atoms with Gasteiger partial charge in [-0.25, -0.2) is 4.79 Å². The third kappa shape index (κ3) is 4.72. The molecule has 0 aromatic heterocycles. The highest BCUT2D eigenvalue weighted by Gasteiger charge is 2.18. The largest absolute Gasteiger partial charge is 0.378 e. The molecule has 1 aliphatic carbocycles. The number of urea groups is 1. The summed E-state index contributed by atoms with van der Waals surface area (Å²) < 4.78 is 5.22. The number of morpholine rings is 1. The van der Waals surface area contributed by atoms with Crippen molar-refractivity contribution in [2.45, 2.75) is 38.6 Å². The molecule has 0 radical (unpaired) electrons. The lowest BCUT2D eigenvalue weighted by Gasteiger charge is -2.27. The minimum Gasteiger partial charge on any atom is -0.378 e. The number of nitrogens with zero attached hydrogens (tertiary/aromatic N) is 1. The molecule has 0 saturated carbocycles. The third-order valence-corrected chi connectivity index (χ3v) is 4.98. The van der Waals surface area contributed by atoms with Crippen molar-refractivity contribution in [3.63, 3.8) is 0 Å². The Bertz CT molecular complexity index is 626. The molecule has 2 aliphatic rings. The van der Waals surface area contributed by atoms with Gasteiger partial charge in [0.15, 0.2) is 0 Å². The van der Waals surface area contributed by atoms with Crippen LogP contribution >= 0.6 is 0 Å². The maximum absolute atomic E-state index is 12.1. The number of fused-ring (bicyclic) bond motifs is 1. The molecule has 1 heterocycles. The van der Waals surface area contributed by atoms with Crippen LogP contribution in [-0.2, 0) is 22.4 Å². The maximum atomic E-state index is 12.1. The van der Waals surface area contributed by atoms with E-state index in [0.29, 0.717) is 26.3 Å². The fraction of sp³-hybridized carbons (Fsp3) is 0.579. The zero-order chi connectivity index (χ0) is 17.6. The molecule has 1 atom stereocenters. The van der Waals surface area contributed by atoms with Gasteiger partial charge in [-0.2, -0.15) is 0 Å². The lowest BCUT2D eigenvalue weighted by atomic mass is 9.89. The average Bonchev–Trinajstić information content (AvgIpc) is 2.66. The predicted octanol–water partition coefficient (Wildman–Crippen LogP) is 1.78. The molecule has 0 spiro atoms. The van der Waals surface area contributed by atoms with Gasteiger partial charge < -0.3 is 20.3 Å². The molecular formula is C19H27N3O3. The highest BCUT2D eigenvalue weighted by molar-refractivity contribution is 5.84. The van der Waals surface area contributed by atoms with Crippen molar-refractivity contribution in [3.8, 4) is 0 Å². The summed E-state index contributed by atoms with van der Waals surface area (Å²) in [6.07, 6.45) is 4.78. The minimum atomic E-state index is -0.313. The molecule has 1 unspecified atom stereocenters. The highest BCUT2D eigenvalue weighted by Crippen LogP contribution is 2.24. The molecule has 1 saturated heterocycles. The van der Waals surface area contributed by atoms with Crippen LogP contribution in [0.2, 0.25) is 0 Å². The summed E-state index contributed by atoms with van der Waals surface area (Å²) in [7, 11) is 0. The molecule has 0 bridgehead atoms. The zero-order valence-corrected chi connectivity index (χ0v) is 14.8. The molecule has 1 aromatic carbocycles. The molecule has 1 aromatic rings. The number of rotatable bonds is 4. The van der Waals surface area contributed by atoms with E-state index in [2.05, 4.69) is 28.8 Å². The van der Waals surface area contributed by atoms with Crippen LogP contribution in [0.5, 0.6) is 0 Å². The van der Waals surface area contributed by atoms with Crippen molar-refractivity contribution in [1.82, 2.24) is 15.5 Å². The van der Waals surface area contributed by atoms with E-state index < -0.39 is 0 Å². The van der Waals surface area contributed by atoms with Gasteiger partial charge in [0.25, 0.3) is 0 Å². The Morgan fingerprint density at radius 1 is 1.16 bits per heavy atom. The van der Waals surface area contributed by atoms with Gasteiger partial charge in [-0.1, -0.05) is 18.2 Å². The smallest absolute Gasteiger partial charge is 0.315 e. The lowest BCUT2D eigenvalue weighted by molar-refractivity contribution is -0.134. The molecule has 2 N–H and O–H groups in total. The van der Waals surface area contributed by atoms with Crippen LogP contribution in [0.15, 0.2) is 18.2 Å². The fourth-order valence-electron chi connectivity index (χ4n) is 3.43. The van der Waals surface area contributed by atoms with Gasteiger partial charge >= 0.3 is 6.03 Å². The number of amides is 3. The van der Waals surface area contributed by atoms with Crippen LogP contribution in [0.4, 0.5) is 4.79 Å². The molecule has 1 aliphatic heterocycles. The molecule has 3 rings (SSSR count). The fourth-order valence-corrected chi connectivity index (χ4v) is 3.43. The van der Waals surface area contributed by atoms with Crippen molar-refractivity contribution >= 4 is 11.9 Å². The summed E-state index contributed by atoms with van der Waals surface area (Å²) in [5, 5.41) is 5.58. The Morgan fingerprint density at radius 3 is 2.64 bits per heavy atom. The van der Waals surface area contributed by atoms with Crippen LogP contribution in [-0.4, -0.2) is 49.7 Å². The Morgan fingerprint density at radius 2 is 1.88 bits per heavy atom. The zero-order valence-electron chi connectivity index (χ0n) is 14.8. The summed E-state index contributed by atoms with van der Waals surface area (Å²) in [5.41, 5.74) is 3.94. The third-order valence-electron chi connectivity index (χ3n) is 4.98. The van der Waals surface area contributed by atoms with E-state index >= 15 is 0 Å². The van der Waals surface area contributed by atoms with Crippen LogP contribution < -0.4 is 10.6 Å². The average molecular weight is 345 g/mol. The Labute approximate surface area is 148 Å². The first-order valence-corrected chi connectivity index (χ1v) is 9.15. The van der Waals surface area contributed by atoms with Gasteiger partial charge in [-0.15, -0.1) is 0 Å². The quantitative estimate of drug-likeness (QED) is 0.874. The Kier molecular flexibility index (Phi) is 5.91. The number of nitrogens with one attached hydrogen (secondary N) is 2. The second-order valence-corrected chi connectivity index (χ2v) is 6.78. The Balaban J connectivity index is 1.48. The van der Waals surface area contributed by atoms with E-state index in [0.717, 1.165) is 18.4 Å². The van der Waals surface area contributed by atoms with Gasteiger partial charge in [-0.3, -0.25) is 4.79 Å². The first-order chi connectivity index (χ1) is 12.1. The van der Waals surface area contributed by atoms with Gasteiger partial charge in [-0.05, 0) is 49.3 Å². The topological polar surface area (TPSA) is 70.7 Å². The normalized spacial score (nSPS) is 18.2. The maximum Gasteiger partial charge on any atom is 0.315 e. The lowest BCUT2D eigenvalue weighted by Crippen LogP contribution is -2.47.